The zero-order chi connectivity index (χ0) is 33.0. The van der Waals surface area contributed by atoms with Gasteiger partial charge in [0.25, 0.3) is 0 Å². The number of aromatic nitrogens is 2. The summed E-state index contributed by atoms with van der Waals surface area (Å²) < 4.78 is 25.7. The van der Waals surface area contributed by atoms with Gasteiger partial charge >= 0.3 is 5.97 Å². The van der Waals surface area contributed by atoms with E-state index in [9.17, 15) is 9.90 Å². The molecule has 8 rings (SSSR count). The van der Waals surface area contributed by atoms with Crippen molar-refractivity contribution < 1.29 is 28.8 Å². The molecule has 2 N–H and O–H groups in total. The molecule has 5 saturated carbocycles. The molecule has 2 saturated heterocycles. The van der Waals surface area contributed by atoms with E-state index in [1.54, 1.807) is 13.8 Å². The van der Waals surface area contributed by atoms with E-state index in [1.165, 1.54) is 45.4 Å². The Balaban J connectivity index is 0.952. The van der Waals surface area contributed by atoms with E-state index in [2.05, 4.69) is 35.6 Å². The zero-order valence-corrected chi connectivity index (χ0v) is 29.6. The lowest BCUT2D eigenvalue weighted by atomic mass is 9.46. The third-order valence-electron chi connectivity index (χ3n) is 15.2. The quantitative estimate of drug-likeness (QED) is 0.353. The molecule has 3 heterocycles. The van der Waals surface area contributed by atoms with Crippen molar-refractivity contribution in [1.82, 2.24) is 14.9 Å². The van der Waals surface area contributed by atoms with Crippen molar-refractivity contribution >= 4 is 5.97 Å². The first kappa shape index (κ1) is 32.7. The van der Waals surface area contributed by atoms with Gasteiger partial charge in [0.05, 0.1) is 43.6 Å². The van der Waals surface area contributed by atoms with E-state index < -0.39 is 11.7 Å². The summed E-state index contributed by atoms with van der Waals surface area (Å²) in [6.45, 7) is 15.7. The summed E-state index contributed by atoms with van der Waals surface area (Å²) in [6, 6.07) is 0. The smallest absolute Gasteiger partial charge is 0.303 e. The fraction of sp³-hybridized carbons (Fsp3) is 0.895. The van der Waals surface area contributed by atoms with E-state index in [-0.39, 0.29) is 36.0 Å². The van der Waals surface area contributed by atoms with Crippen molar-refractivity contribution in [3.05, 3.63) is 18.2 Å². The van der Waals surface area contributed by atoms with E-state index in [0.29, 0.717) is 40.6 Å². The van der Waals surface area contributed by atoms with Gasteiger partial charge in [-0.1, -0.05) is 20.8 Å². The minimum Gasteiger partial charge on any atom is -0.457 e. The van der Waals surface area contributed by atoms with Crippen LogP contribution in [-0.4, -0.2) is 81.9 Å². The van der Waals surface area contributed by atoms with Crippen LogP contribution in [0.15, 0.2) is 12.4 Å². The van der Waals surface area contributed by atoms with Crippen molar-refractivity contribution in [3.63, 3.8) is 0 Å². The van der Waals surface area contributed by atoms with Gasteiger partial charge in [0, 0.05) is 25.9 Å². The van der Waals surface area contributed by atoms with Crippen molar-refractivity contribution in [2.45, 2.75) is 149 Å². The predicted octanol–water partition coefficient (Wildman–Crippen LogP) is 5.86. The van der Waals surface area contributed by atoms with Gasteiger partial charge in [0.2, 0.25) is 0 Å². The van der Waals surface area contributed by atoms with Crippen molar-refractivity contribution in [2.24, 2.45) is 45.3 Å². The summed E-state index contributed by atoms with van der Waals surface area (Å²) >= 11 is 0. The molecular formula is C38H59N3O6. The van der Waals surface area contributed by atoms with Gasteiger partial charge in [0.1, 0.15) is 5.82 Å². The molecule has 47 heavy (non-hydrogen) atoms. The summed E-state index contributed by atoms with van der Waals surface area (Å²) in [5, 5.41) is 10.9. The molecule has 1 aromatic rings. The summed E-state index contributed by atoms with van der Waals surface area (Å²) in [6.07, 6.45) is 15.2. The molecule has 9 nitrogen and oxygen atoms in total. The summed E-state index contributed by atoms with van der Waals surface area (Å²) in [5.41, 5.74) is 0.215. The molecule has 2 spiro atoms. The molecule has 7 aliphatic rings. The zero-order valence-electron chi connectivity index (χ0n) is 29.6. The highest BCUT2D eigenvalue weighted by molar-refractivity contribution is 5.66. The highest BCUT2D eigenvalue weighted by Gasteiger charge is 2.80. The maximum Gasteiger partial charge on any atom is 0.303 e. The minimum atomic E-state index is -1.14. The van der Waals surface area contributed by atoms with Crippen LogP contribution in [0.3, 0.4) is 0 Å². The van der Waals surface area contributed by atoms with Crippen LogP contribution < -0.4 is 0 Å². The number of fused-ring (bicyclic) bond motifs is 4. The van der Waals surface area contributed by atoms with Crippen LogP contribution in [0.1, 0.15) is 112 Å². The first-order chi connectivity index (χ1) is 22.3. The Morgan fingerprint density at radius 2 is 1.91 bits per heavy atom. The molecule has 0 aromatic carbocycles. The molecule has 2 aliphatic heterocycles. The van der Waals surface area contributed by atoms with Gasteiger partial charge in [-0.25, -0.2) is 4.98 Å². The number of morpholine rings is 1. The average molecular weight is 654 g/mol. The molecule has 9 heteroatoms. The number of aromatic amines is 1. The normalized spacial score (nSPS) is 46.3. The SMILES string of the molecule is CC(=O)O[C@@H](C1CCC2C(CC3C4CCC5C(C)(C)[C@@H](OC6CN(Cc7ncc[nH]7)CCO6)CC[C@@]56CC46CCC23C)O1)C(C)(C)O. The molecule has 262 valence electrons. The summed E-state index contributed by atoms with van der Waals surface area (Å²) in [7, 11) is 0. The molecule has 12 atom stereocenters. The molecule has 0 bridgehead atoms. The van der Waals surface area contributed by atoms with Gasteiger partial charge in [-0.3, -0.25) is 9.69 Å². The molecule has 0 radical (unpaired) electrons. The van der Waals surface area contributed by atoms with Crippen molar-refractivity contribution in [2.75, 3.05) is 19.7 Å². The molecule has 7 fully saturated rings. The Bertz CT molecular complexity index is 1330. The van der Waals surface area contributed by atoms with Crippen LogP contribution in [0.2, 0.25) is 0 Å². The van der Waals surface area contributed by atoms with E-state index in [0.717, 1.165) is 57.1 Å². The first-order valence-electron chi connectivity index (χ1n) is 18.8. The Labute approximate surface area is 281 Å². The van der Waals surface area contributed by atoms with Crippen LogP contribution in [0.5, 0.6) is 0 Å². The van der Waals surface area contributed by atoms with Crippen molar-refractivity contribution in [3.8, 4) is 0 Å². The maximum atomic E-state index is 12.0. The number of nitrogens with one attached hydrogen (secondary N) is 1. The minimum absolute atomic E-state index is 0.114. The third-order valence-corrected chi connectivity index (χ3v) is 15.2. The maximum absolute atomic E-state index is 12.0. The Kier molecular flexibility index (Phi) is 7.82. The molecular weight excluding hydrogens is 594 g/mol. The highest BCUT2D eigenvalue weighted by Crippen LogP contribution is 2.87. The lowest BCUT2D eigenvalue weighted by Gasteiger charge is -2.60. The fourth-order valence-electron chi connectivity index (χ4n) is 13.2. The van der Waals surface area contributed by atoms with Gasteiger partial charge < -0.3 is 29.0 Å². The molecule has 1 aromatic heterocycles. The topological polar surface area (TPSA) is 106 Å². The average Bonchev–Trinajstić information content (AvgIpc) is 3.23. The summed E-state index contributed by atoms with van der Waals surface area (Å²) in [5.74, 6) is 3.35. The second-order valence-electron chi connectivity index (χ2n) is 18.2. The van der Waals surface area contributed by atoms with Crippen LogP contribution in [0.4, 0.5) is 0 Å². The van der Waals surface area contributed by atoms with Gasteiger partial charge in [-0.15, -0.1) is 0 Å². The third kappa shape index (κ3) is 5.10. The predicted molar refractivity (Wildman–Crippen MR) is 176 cm³/mol. The van der Waals surface area contributed by atoms with Crippen molar-refractivity contribution in [1.29, 1.82) is 0 Å². The number of esters is 1. The number of ether oxygens (including phenoxy) is 4. The Morgan fingerprint density at radius 1 is 1.11 bits per heavy atom. The number of aliphatic hydroxyl groups is 1. The number of carbonyl (C=O) groups excluding carboxylic acids is 1. The Hall–Kier alpha value is -1.52. The van der Waals surface area contributed by atoms with Crippen LogP contribution in [0, 0.1) is 45.3 Å². The van der Waals surface area contributed by atoms with E-state index in [1.807, 2.05) is 12.4 Å². The molecule has 0 amide bonds. The molecule has 9 unspecified atom stereocenters. The van der Waals surface area contributed by atoms with Crippen LogP contribution in [-0.2, 0) is 30.3 Å². The van der Waals surface area contributed by atoms with E-state index in [4.69, 9.17) is 18.9 Å². The lowest BCUT2D eigenvalue weighted by Crippen LogP contribution is -2.56. The highest BCUT2D eigenvalue weighted by atomic mass is 16.7. The standard InChI is InChI=1S/C38H59N3O6/c1-23(42)45-33(35(4,5)43)27-9-7-25-28(46-27)19-26-24-8-10-29-34(2,3)30(11-12-38(29)22-37(24,38)14-13-36(25,26)6)47-32-21-41(17-18-44-32)20-31-39-15-16-40-31/h15-16,24-30,32-33,43H,7-14,17-22H2,1-6H3,(H,39,40)/t24?,25?,26?,27?,28?,29?,30-,32?,33-,36?,37?,38+/m0/s1. The largest absolute Gasteiger partial charge is 0.457 e. The number of hydrogen-bond acceptors (Lipinski definition) is 8. The number of imidazole rings is 1. The second-order valence-corrected chi connectivity index (χ2v) is 18.2. The van der Waals surface area contributed by atoms with Gasteiger partial charge in [-0.05, 0) is 123 Å². The summed E-state index contributed by atoms with van der Waals surface area (Å²) in [4.78, 5) is 22.0. The number of H-pyrrole nitrogens is 1. The number of hydrogen-bond donors (Lipinski definition) is 2. The number of carbonyl (C=O) groups is 1. The van der Waals surface area contributed by atoms with Crippen LogP contribution in [0.25, 0.3) is 0 Å². The second kappa shape index (κ2) is 11.2. The lowest BCUT2D eigenvalue weighted by molar-refractivity contribution is -0.246. The van der Waals surface area contributed by atoms with Crippen LogP contribution >= 0.6 is 0 Å². The number of nitrogens with zero attached hydrogens (tertiary/aromatic N) is 2. The fourth-order valence-corrected chi connectivity index (χ4v) is 13.2. The Morgan fingerprint density at radius 3 is 2.66 bits per heavy atom. The number of rotatable bonds is 7. The van der Waals surface area contributed by atoms with E-state index >= 15 is 0 Å². The molecule has 5 aliphatic carbocycles. The van der Waals surface area contributed by atoms with Gasteiger partial charge in [0.15, 0.2) is 12.4 Å². The monoisotopic (exact) mass is 653 g/mol. The first-order valence-corrected chi connectivity index (χ1v) is 18.8. The van der Waals surface area contributed by atoms with Gasteiger partial charge in [-0.2, -0.15) is 0 Å².